The van der Waals surface area contributed by atoms with Gasteiger partial charge in [0.05, 0.1) is 7.11 Å². The average Bonchev–Trinajstić information content (AvgIpc) is 3.36. The first-order valence-corrected chi connectivity index (χ1v) is 11.3. The Kier molecular flexibility index (Phi) is 7.46. The maximum Gasteiger partial charge on any atom is 0.286 e. The van der Waals surface area contributed by atoms with Crippen molar-refractivity contribution >= 4 is 28.8 Å². The van der Waals surface area contributed by atoms with Crippen LogP contribution in [0.3, 0.4) is 0 Å². The molecule has 0 fully saturated rings. The molecule has 3 aromatic carbocycles. The fourth-order valence-electron chi connectivity index (χ4n) is 3.11. The Morgan fingerprint density at radius 1 is 0.912 bits per heavy atom. The maximum atomic E-state index is 12.6. The van der Waals surface area contributed by atoms with Gasteiger partial charge in [0.15, 0.2) is 5.01 Å². The molecule has 0 spiro atoms. The highest BCUT2D eigenvalue weighted by Gasteiger charge is 2.15. The first-order chi connectivity index (χ1) is 16.6. The van der Waals surface area contributed by atoms with Crippen LogP contribution in [-0.4, -0.2) is 29.1 Å². The summed E-state index contributed by atoms with van der Waals surface area (Å²) >= 11 is 1.15. The molecule has 0 radical (unpaired) electrons. The van der Waals surface area contributed by atoms with Crippen molar-refractivity contribution < 1.29 is 19.1 Å². The number of ether oxygens (including phenoxy) is 2. The molecule has 172 valence electrons. The molecular formula is C25H22N4O4S. The van der Waals surface area contributed by atoms with Crippen LogP contribution in [0.15, 0.2) is 78.9 Å². The van der Waals surface area contributed by atoms with Gasteiger partial charge >= 0.3 is 0 Å². The van der Waals surface area contributed by atoms with Gasteiger partial charge in [0, 0.05) is 23.4 Å². The van der Waals surface area contributed by atoms with Gasteiger partial charge in [0.25, 0.3) is 11.8 Å². The zero-order valence-electron chi connectivity index (χ0n) is 18.4. The van der Waals surface area contributed by atoms with Crippen molar-refractivity contribution in [2.45, 2.75) is 13.2 Å². The molecule has 2 amide bonds. The molecule has 2 N–H and O–H groups in total. The van der Waals surface area contributed by atoms with Crippen LogP contribution < -0.4 is 20.1 Å². The van der Waals surface area contributed by atoms with Crippen molar-refractivity contribution in [3.05, 3.63) is 100 Å². The SMILES string of the molecule is COc1ccccc1CNC(=O)c1cccc(NC(=O)c2nnc(COc3ccccc3)s2)c1. The van der Waals surface area contributed by atoms with E-state index < -0.39 is 5.91 Å². The number of carbonyl (C=O) groups excluding carboxylic acids is 2. The molecule has 4 rings (SSSR count). The van der Waals surface area contributed by atoms with E-state index in [0.717, 1.165) is 16.9 Å². The largest absolute Gasteiger partial charge is 0.496 e. The third-order valence-electron chi connectivity index (χ3n) is 4.78. The van der Waals surface area contributed by atoms with Gasteiger partial charge in [0.1, 0.15) is 18.1 Å². The summed E-state index contributed by atoms with van der Waals surface area (Å²) in [5, 5.41) is 14.4. The molecule has 0 saturated heterocycles. The number of rotatable bonds is 9. The molecule has 1 aromatic heterocycles. The predicted octanol–water partition coefficient (Wildman–Crippen LogP) is 4.31. The van der Waals surface area contributed by atoms with Crippen LogP contribution in [0.2, 0.25) is 0 Å². The summed E-state index contributed by atoms with van der Waals surface area (Å²) in [5.41, 5.74) is 1.76. The number of methoxy groups -OCH3 is 1. The van der Waals surface area contributed by atoms with Crippen molar-refractivity contribution in [3.63, 3.8) is 0 Å². The number of para-hydroxylation sites is 2. The normalized spacial score (nSPS) is 10.4. The van der Waals surface area contributed by atoms with Crippen LogP contribution in [0.5, 0.6) is 11.5 Å². The molecule has 34 heavy (non-hydrogen) atoms. The van der Waals surface area contributed by atoms with E-state index in [9.17, 15) is 9.59 Å². The minimum atomic E-state index is -0.407. The van der Waals surface area contributed by atoms with Gasteiger partial charge in [-0.2, -0.15) is 0 Å². The van der Waals surface area contributed by atoms with Gasteiger partial charge in [0.2, 0.25) is 5.01 Å². The molecule has 0 atom stereocenters. The first kappa shape index (κ1) is 22.9. The lowest BCUT2D eigenvalue weighted by molar-refractivity contribution is 0.0949. The Labute approximate surface area is 200 Å². The molecule has 0 aliphatic carbocycles. The number of carbonyl (C=O) groups is 2. The third-order valence-corrected chi connectivity index (χ3v) is 5.68. The predicted molar refractivity (Wildman–Crippen MR) is 129 cm³/mol. The van der Waals surface area contributed by atoms with Crippen molar-refractivity contribution in [2.24, 2.45) is 0 Å². The minimum absolute atomic E-state index is 0.206. The fraction of sp³-hybridized carbons (Fsp3) is 0.120. The maximum absolute atomic E-state index is 12.6. The van der Waals surface area contributed by atoms with Gasteiger partial charge in [-0.3, -0.25) is 9.59 Å². The lowest BCUT2D eigenvalue weighted by atomic mass is 10.1. The smallest absolute Gasteiger partial charge is 0.286 e. The number of benzene rings is 3. The van der Waals surface area contributed by atoms with Gasteiger partial charge in [-0.05, 0) is 36.4 Å². The number of nitrogens with zero attached hydrogens (tertiary/aromatic N) is 2. The zero-order valence-corrected chi connectivity index (χ0v) is 19.2. The molecule has 8 nitrogen and oxygen atoms in total. The average molecular weight is 475 g/mol. The molecule has 4 aromatic rings. The fourth-order valence-corrected chi connectivity index (χ4v) is 3.76. The second-order valence-corrected chi connectivity index (χ2v) is 8.19. The van der Waals surface area contributed by atoms with E-state index in [1.165, 1.54) is 0 Å². The molecule has 9 heteroatoms. The molecule has 0 unspecified atom stereocenters. The monoisotopic (exact) mass is 474 g/mol. The van der Waals surface area contributed by atoms with E-state index in [1.54, 1.807) is 31.4 Å². The van der Waals surface area contributed by atoms with Crippen LogP contribution in [0.1, 0.15) is 30.7 Å². The topological polar surface area (TPSA) is 102 Å². The van der Waals surface area contributed by atoms with Crippen LogP contribution in [0, 0.1) is 0 Å². The second kappa shape index (κ2) is 11.1. The molecular weight excluding hydrogens is 452 g/mol. The van der Waals surface area contributed by atoms with Crippen LogP contribution in [0.25, 0.3) is 0 Å². The molecule has 0 aliphatic rings. The van der Waals surface area contributed by atoms with E-state index in [4.69, 9.17) is 9.47 Å². The molecule has 0 bridgehead atoms. The van der Waals surface area contributed by atoms with E-state index in [0.29, 0.717) is 34.3 Å². The van der Waals surface area contributed by atoms with Crippen molar-refractivity contribution in [1.29, 1.82) is 0 Å². The third kappa shape index (κ3) is 5.96. The minimum Gasteiger partial charge on any atom is -0.496 e. The Morgan fingerprint density at radius 3 is 2.53 bits per heavy atom. The highest BCUT2D eigenvalue weighted by Crippen LogP contribution is 2.19. The number of hydrogen-bond donors (Lipinski definition) is 2. The van der Waals surface area contributed by atoms with Gasteiger partial charge in [-0.1, -0.05) is 53.8 Å². The van der Waals surface area contributed by atoms with Gasteiger partial charge in [-0.15, -0.1) is 10.2 Å². The van der Waals surface area contributed by atoms with Gasteiger partial charge < -0.3 is 20.1 Å². The number of nitrogens with one attached hydrogen (secondary N) is 2. The van der Waals surface area contributed by atoms with Crippen molar-refractivity contribution in [2.75, 3.05) is 12.4 Å². The number of amides is 2. The van der Waals surface area contributed by atoms with Crippen LogP contribution >= 0.6 is 11.3 Å². The van der Waals surface area contributed by atoms with Crippen LogP contribution in [-0.2, 0) is 13.2 Å². The Morgan fingerprint density at radius 2 is 1.71 bits per heavy atom. The quantitative estimate of drug-likeness (QED) is 0.375. The lowest BCUT2D eigenvalue weighted by Crippen LogP contribution is -2.23. The highest BCUT2D eigenvalue weighted by atomic mass is 32.1. The summed E-state index contributed by atoms with van der Waals surface area (Å²) in [6.07, 6.45) is 0. The highest BCUT2D eigenvalue weighted by molar-refractivity contribution is 7.13. The first-order valence-electron chi connectivity index (χ1n) is 10.4. The molecule has 0 saturated carbocycles. The lowest BCUT2D eigenvalue weighted by Gasteiger charge is -2.10. The zero-order chi connectivity index (χ0) is 23.8. The molecule has 0 aliphatic heterocycles. The van der Waals surface area contributed by atoms with Crippen molar-refractivity contribution in [1.82, 2.24) is 15.5 Å². The summed E-state index contributed by atoms with van der Waals surface area (Å²) < 4.78 is 10.9. The summed E-state index contributed by atoms with van der Waals surface area (Å²) in [6, 6.07) is 23.5. The summed E-state index contributed by atoms with van der Waals surface area (Å²) in [6.45, 7) is 0.537. The number of aromatic nitrogens is 2. The van der Waals surface area contributed by atoms with Crippen LogP contribution in [0.4, 0.5) is 5.69 Å². The van der Waals surface area contributed by atoms with E-state index in [-0.39, 0.29) is 17.5 Å². The Bertz CT molecular complexity index is 1280. The van der Waals surface area contributed by atoms with E-state index >= 15 is 0 Å². The van der Waals surface area contributed by atoms with Crippen molar-refractivity contribution in [3.8, 4) is 11.5 Å². The number of hydrogen-bond acceptors (Lipinski definition) is 7. The summed E-state index contributed by atoms with van der Waals surface area (Å²) in [4.78, 5) is 25.2. The summed E-state index contributed by atoms with van der Waals surface area (Å²) in [5.74, 6) is 0.743. The standard InChI is InChI=1S/C25H22N4O4S/c1-32-21-13-6-5-8-18(21)15-26-23(30)17-9-7-10-19(14-17)27-24(31)25-29-28-22(34-25)16-33-20-11-3-2-4-12-20/h2-14H,15-16H2,1H3,(H,26,30)(H,27,31). The summed E-state index contributed by atoms with van der Waals surface area (Å²) in [7, 11) is 1.59. The molecule has 1 heterocycles. The van der Waals surface area contributed by atoms with Gasteiger partial charge in [-0.25, -0.2) is 0 Å². The second-order valence-electron chi connectivity index (χ2n) is 7.13. The number of anilines is 1. The Balaban J connectivity index is 1.34. The van der Waals surface area contributed by atoms with E-state index in [1.807, 2.05) is 54.6 Å². The van der Waals surface area contributed by atoms with E-state index in [2.05, 4.69) is 20.8 Å². The Hall–Kier alpha value is -4.24.